The number of amides is 2. The second-order valence-electron chi connectivity index (χ2n) is 6.43. The van der Waals surface area contributed by atoms with E-state index in [-0.39, 0.29) is 23.9 Å². The van der Waals surface area contributed by atoms with Gasteiger partial charge in [0.05, 0.1) is 6.42 Å². The third-order valence-corrected chi connectivity index (χ3v) is 2.71. The normalized spacial score (nSPS) is 12.8. The molecular weight excluding hydrogens is 272 g/mol. The van der Waals surface area contributed by atoms with Crippen LogP contribution < -0.4 is 10.6 Å². The first kappa shape index (κ1) is 19.7. The number of carbonyl (C=O) groups excluding carboxylic acids is 1. The molecule has 0 spiro atoms. The van der Waals surface area contributed by atoms with Gasteiger partial charge in [0.15, 0.2) is 0 Å². The Balaban J connectivity index is 4.01. The standard InChI is InChI=1S/C15H30N2O4/c1-5-8-21-9-6-7-16-14(20)17-12(10-13(18)19)11-15(2,3)4/h12H,5-11H2,1-4H3,(H,18,19)(H2,16,17,20). The minimum Gasteiger partial charge on any atom is -0.481 e. The van der Waals surface area contributed by atoms with E-state index >= 15 is 0 Å². The lowest BCUT2D eigenvalue weighted by Crippen LogP contribution is -2.44. The monoisotopic (exact) mass is 302 g/mol. The van der Waals surface area contributed by atoms with E-state index < -0.39 is 5.97 Å². The number of carboxylic acids is 1. The van der Waals surface area contributed by atoms with Gasteiger partial charge in [0.25, 0.3) is 0 Å². The number of carboxylic acid groups (broad SMARTS) is 1. The van der Waals surface area contributed by atoms with E-state index in [1.54, 1.807) is 0 Å². The summed E-state index contributed by atoms with van der Waals surface area (Å²) in [4.78, 5) is 22.6. The molecule has 0 aliphatic heterocycles. The Labute approximate surface area is 127 Å². The maximum absolute atomic E-state index is 11.8. The molecule has 0 heterocycles. The van der Waals surface area contributed by atoms with Crippen molar-refractivity contribution in [3.8, 4) is 0 Å². The van der Waals surface area contributed by atoms with E-state index in [0.29, 0.717) is 19.6 Å². The number of aliphatic carboxylic acids is 1. The molecule has 0 aromatic carbocycles. The first-order valence-electron chi connectivity index (χ1n) is 7.58. The van der Waals surface area contributed by atoms with Crippen LogP contribution in [0.1, 0.15) is 53.4 Å². The maximum atomic E-state index is 11.8. The number of carbonyl (C=O) groups is 2. The molecule has 0 bridgehead atoms. The van der Waals surface area contributed by atoms with Crippen molar-refractivity contribution < 1.29 is 19.4 Å². The molecule has 0 aromatic heterocycles. The van der Waals surface area contributed by atoms with Crippen molar-refractivity contribution in [2.24, 2.45) is 5.41 Å². The average Bonchev–Trinajstić information content (AvgIpc) is 2.30. The Morgan fingerprint density at radius 1 is 1.24 bits per heavy atom. The van der Waals surface area contributed by atoms with Gasteiger partial charge in [0.1, 0.15) is 0 Å². The van der Waals surface area contributed by atoms with Crippen LogP contribution >= 0.6 is 0 Å². The lowest BCUT2D eigenvalue weighted by Gasteiger charge is -2.25. The minimum absolute atomic E-state index is 0.0403. The van der Waals surface area contributed by atoms with E-state index in [1.165, 1.54) is 0 Å². The zero-order valence-electron chi connectivity index (χ0n) is 13.7. The van der Waals surface area contributed by atoms with Crippen LogP contribution in [0, 0.1) is 5.41 Å². The van der Waals surface area contributed by atoms with Gasteiger partial charge in [-0.3, -0.25) is 4.79 Å². The van der Waals surface area contributed by atoms with Crippen molar-refractivity contribution in [3.63, 3.8) is 0 Å². The van der Waals surface area contributed by atoms with Crippen LogP contribution in [0.2, 0.25) is 0 Å². The summed E-state index contributed by atoms with van der Waals surface area (Å²) in [5, 5.41) is 14.4. The number of rotatable bonds is 10. The SMILES string of the molecule is CCCOCCCNC(=O)NC(CC(=O)O)CC(C)(C)C. The molecule has 0 radical (unpaired) electrons. The number of nitrogens with one attached hydrogen (secondary N) is 2. The molecule has 0 saturated heterocycles. The number of ether oxygens (including phenoxy) is 1. The van der Waals surface area contributed by atoms with Crippen molar-refractivity contribution >= 4 is 12.0 Å². The second kappa shape index (κ2) is 10.4. The smallest absolute Gasteiger partial charge is 0.315 e. The quantitative estimate of drug-likeness (QED) is 0.541. The molecule has 0 aliphatic rings. The number of hydrogen-bond acceptors (Lipinski definition) is 3. The zero-order valence-corrected chi connectivity index (χ0v) is 13.7. The van der Waals surface area contributed by atoms with Crippen LogP contribution in [0.15, 0.2) is 0 Å². The summed E-state index contributed by atoms with van der Waals surface area (Å²) in [6, 6.07) is -0.681. The van der Waals surface area contributed by atoms with Crippen molar-refractivity contribution in [1.29, 1.82) is 0 Å². The molecule has 2 amide bonds. The first-order chi connectivity index (χ1) is 9.74. The van der Waals surface area contributed by atoms with Gasteiger partial charge in [-0.05, 0) is 24.7 Å². The summed E-state index contributed by atoms with van der Waals surface area (Å²) < 4.78 is 5.31. The summed E-state index contributed by atoms with van der Waals surface area (Å²) in [6.45, 7) is 9.98. The Hall–Kier alpha value is -1.30. The van der Waals surface area contributed by atoms with Gasteiger partial charge in [-0.2, -0.15) is 0 Å². The summed E-state index contributed by atoms with van der Waals surface area (Å²) in [5.41, 5.74) is -0.0403. The zero-order chi connectivity index (χ0) is 16.3. The molecule has 1 unspecified atom stereocenters. The minimum atomic E-state index is -0.905. The van der Waals surface area contributed by atoms with Crippen molar-refractivity contribution in [3.05, 3.63) is 0 Å². The van der Waals surface area contributed by atoms with Crippen LogP contribution in [-0.2, 0) is 9.53 Å². The van der Waals surface area contributed by atoms with E-state index in [0.717, 1.165) is 19.4 Å². The van der Waals surface area contributed by atoms with Crippen LogP contribution in [0.25, 0.3) is 0 Å². The van der Waals surface area contributed by atoms with Crippen LogP contribution in [-0.4, -0.2) is 42.9 Å². The van der Waals surface area contributed by atoms with E-state index in [1.807, 2.05) is 27.7 Å². The molecule has 21 heavy (non-hydrogen) atoms. The molecular formula is C15H30N2O4. The number of urea groups is 1. The van der Waals surface area contributed by atoms with Gasteiger partial charge in [-0.25, -0.2) is 4.79 Å². The van der Waals surface area contributed by atoms with Crippen molar-refractivity contribution in [2.45, 2.75) is 59.4 Å². The lowest BCUT2D eigenvalue weighted by atomic mass is 9.87. The Kier molecular flexibility index (Phi) is 9.78. The van der Waals surface area contributed by atoms with Crippen LogP contribution in [0.5, 0.6) is 0 Å². The Morgan fingerprint density at radius 3 is 2.43 bits per heavy atom. The number of hydrogen-bond donors (Lipinski definition) is 3. The molecule has 0 aliphatic carbocycles. The topological polar surface area (TPSA) is 87.7 Å². The molecule has 6 heteroatoms. The van der Waals surface area contributed by atoms with Gasteiger partial charge < -0.3 is 20.5 Å². The third kappa shape index (κ3) is 13.4. The molecule has 3 N–H and O–H groups in total. The van der Waals surface area contributed by atoms with E-state index in [9.17, 15) is 9.59 Å². The fraction of sp³-hybridized carbons (Fsp3) is 0.867. The van der Waals surface area contributed by atoms with Gasteiger partial charge in [0, 0.05) is 25.8 Å². The van der Waals surface area contributed by atoms with Gasteiger partial charge in [-0.1, -0.05) is 27.7 Å². The summed E-state index contributed by atoms with van der Waals surface area (Å²) >= 11 is 0. The van der Waals surface area contributed by atoms with Crippen molar-refractivity contribution in [1.82, 2.24) is 10.6 Å². The van der Waals surface area contributed by atoms with Gasteiger partial charge in [-0.15, -0.1) is 0 Å². The molecule has 0 saturated carbocycles. The Morgan fingerprint density at radius 2 is 1.90 bits per heavy atom. The molecule has 1 atom stereocenters. The molecule has 0 aromatic rings. The van der Waals surface area contributed by atoms with E-state index in [4.69, 9.17) is 9.84 Å². The highest BCUT2D eigenvalue weighted by Crippen LogP contribution is 2.22. The molecule has 6 nitrogen and oxygen atoms in total. The second-order valence-corrected chi connectivity index (χ2v) is 6.43. The lowest BCUT2D eigenvalue weighted by molar-refractivity contribution is -0.137. The van der Waals surface area contributed by atoms with Crippen molar-refractivity contribution in [2.75, 3.05) is 19.8 Å². The highest BCUT2D eigenvalue weighted by atomic mass is 16.5. The summed E-state index contributed by atoms with van der Waals surface area (Å²) in [5.74, 6) is -0.905. The predicted molar refractivity (Wildman–Crippen MR) is 82.4 cm³/mol. The van der Waals surface area contributed by atoms with Crippen LogP contribution in [0.4, 0.5) is 4.79 Å². The fourth-order valence-corrected chi connectivity index (χ4v) is 1.98. The molecule has 0 fully saturated rings. The maximum Gasteiger partial charge on any atom is 0.315 e. The predicted octanol–water partition coefficient (Wildman–Crippen LogP) is 2.38. The highest BCUT2D eigenvalue weighted by Gasteiger charge is 2.22. The summed E-state index contributed by atoms with van der Waals surface area (Å²) in [6.07, 6.45) is 2.28. The third-order valence-electron chi connectivity index (χ3n) is 2.71. The van der Waals surface area contributed by atoms with Crippen LogP contribution in [0.3, 0.4) is 0 Å². The van der Waals surface area contributed by atoms with E-state index in [2.05, 4.69) is 10.6 Å². The molecule has 0 rings (SSSR count). The molecule has 124 valence electrons. The first-order valence-corrected chi connectivity index (χ1v) is 7.58. The average molecular weight is 302 g/mol. The van der Waals surface area contributed by atoms with Gasteiger partial charge >= 0.3 is 12.0 Å². The fourth-order valence-electron chi connectivity index (χ4n) is 1.98. The Bertz CT molecular complexity index is 313. The van der Waals surface area contributed by atoms with Gasteiger partial charge in [0.2, 0.25) is 0 Å². The summed E-state index contributed by atoms with van der Waals surface area (Å²) in [7, 11) is 0. The largest absolute Gasteiger partial charge is 0.481 e. The highest BCUT2D eigenvalue weighted by molar-refractivity contribution is 5.75.